The van der Waals surface area contributed by atoms with Crippen LogP contribution < -0.4 is 5.73 Å². The van der Waals surface area contributed by atoms with Crippen LogP contribution in [0.15, 0.2) is 18.5 Å². The third-order valence-electron chi connectivity index (χ3n) is 3.24. The second-order valence-corrected chi connectivity index (χ2v) is 4.31. The zero-order valence-electron chi connectivity index (χ0n) is 10.1. The molecule has 1 aliphatic heterocycles. The number of carbonyl (C=O) groups excluding carboxylic acids is 1. The number of nitrogens with two attached hydrogens (primary N) is 1. The molecule has 1 amide bonds. The highest BCUT2D eigenvalue weighted by Crippen LogP contribution is 2.21. The van der Waals surface area contributed by atoms with E-state index in [1.54, 1.807) is 24.2 Å². The fourth-order valence-corrected chi connectivity index (χ4v) is 2.15. The molecule has 2 heterocycles. The summed E-state index contributed by atoms with van der Waals surface area (Å²) in [6, 6.07) is 1.75. The Morgan fingerprint density at radius 3 is 3.00 bits per heavy atom. The van der Waals surface area contributed by atoms with E-state index < -0.39 is 0 Å². The zero-order chi connectivity index (χ0) is 12.4. The van der Waals surface area contributed by atoms with Gasteiger partial charge in [0.15, 0.2) is 0 Å². The molecule has 17 heavy (non-hydrogen) atoms. The first-order valence-corrected chi connectivity index (χ1v) is 5.69. The lowest BCUT2D eigenvalue weighted by Crippen LogP contribution is -2.41. The van der Waals surface area contributed by atoms with Gasteiger partial charge in [-0.1, -0.05) is 0 Å². The summed E-state index contributed by atoms with van der Waals surface area (Å²) in [5.41, 5.74) is 6.69. The van der Waals surface area contributed by atoms with Crippen LogP contribution in [0.2, 0.25) is 0 Å². The van der Waals surface area contributed by atoms with E-state index in [1.807, 2.05) is 6.92 Å². The third kappa shape index (κ3) is 2.24. The highest BCUT2D eigenvalue weighted by Gasteiger charge is 2.31. The first kappa shape index (κ1) is 11.9. The minimum atomic E-state index is -0.0991. The van der Waals surface area contributed by atoms with Gasteiger partial charge in [-0.05, 0) is 19.4 Å². The van der Waals surface area contributed by atoms with Gasteiger partial charge in [0, 0.05) is 31.7 Å². The van der Waals surface area contributed by atoms with Gasteiger partial charge >= 0.3 is 0 Å². The molecule has 1 aromatic heterocycles. The molecule has 2 N–H and O–H groups in total. The second-order valence-electron chi connectivity index (χ2n) is 4.31. The Balaban J connectivity index is 2.17. The van der Waals surface area contributed by atoms with Crippen LogP contribution in [0.5, 0.6) is 0 Å². The van der Waals surface area contributed by atoms with Crippen LogP contribution in [0.1, 0.15) is 23.7 Å². The van der Waals surface area contributed by atoms with Gasteiger partial charge in [0.2, 0.25) is 0 Å². The van der Waals surface area contributed by atoms with E-state index in [0.29, 0.717) is 17.9 Å². The summed E-state index contributed by atoms with van der Waals surface area (Å²) in [6.07, 6.45) is 4.02. The fraction of sp³-hybridized carbons (Fsp3) is 0.500. The van der Waals surface area contributed by atoms with Crippen molar-refractivity contribution in [3.8, 4) is 0 Å². The molecule has 1 aromatic rings. The minimum absolute atomic E-state index is 0.0712. The predicted octanol–water partition coefficient (Wildman–Crippen LogP) is 0.913. The quantitative estimate of drug-likeness (QED) is 0.827. The van der Waals surface area contributed by atoms with E-state index in [9.17, 15) is 4.79 Å². The Morgan fingerprint density at radius 2 is 2.41 bits per heavy atom. The van der Waals surface area contributed by atoms with Crippen molar-refractivity contribution in [1.29, 1.82) is 0 Å². The Hall–Kier alpha value is -1.62. The standard InChI is InChI=1S/C12H17N3O2/c1-8-11(4-6-17-8)15(2)12(16)9-7-14-5-3-10(9)13/h3,5,7-8,11H,4,6H2,1-2H3,(H2,13,14). The number of amides is 1. The topological polar surface area (TPSA) is 68.5 Å². The largest absolute Gasteiger partial charge is 0.398 e. The van der Waals surface area contributed by atoms with E-state index in [-0.39, 0.29) is 18.1 Å². The maximum atomic E-state index is 12.2. The zero-order valence-corrected chi connectivity index (χ0v) is 10.1. The number of likely N-dealkylation sites (N-methyl/N-ethyl adjacent to an activating group) is 1. The summed E-state index contributed by atoms with van der Waals surface area (Å²) >= 11 is 0. The van der Waals surface area contributed by atoms with Crippen molar-refractivity contribution in [2.45, 2.75) is 25.5 Å². The van der Waals surface area contributed by atoms with E-state index in [4.69, 9.17) is 10.5 Å². The number of ether oxygens (including phenoxy) is 1. The first-order valence-electron chi connectivity index (χ1n) is 5.69. The lowest BCUT2D eigenvalue weighted by atomic mass is 10.1. The number of carbonyl (C=O) groups is 1. The number of nitrogens with zero attached hydrogens (tertiary/aromatic N) is 2. The first-order chi connectivity index (χ1) is 8.11. The van der Waals surface area contributed by atoms with Crippen LogP contribution in [0, 0.1) is 0 Å². The van der Waals surface area contributed by atoms with Gasteiger partial charge in [-0.25, -0.2) is 0 Å². The molecule has 0 saturated carbocycles. The molecule has 2 unspecified atom stereocenters. The van der Waals surface area contributed by atoms with Crippen LogP contribution in [0.3, 0.4) is 0 Å². The fourth-order valence-electron chi connectivity index (χ4n) is 2.15. The molecule has 92 valence electrons. The van der Waals surface area contributed by atoms with Crippen LogP contribution in [-0.2, 0) is 4.74 Å². The molecule has 0 bridgehead atoms. The molecule has 0 spiro atoms. The summed E-state index contributed by atoms with van der Waals surface area (Å²) in [7, 11) is 1.78. The maximum Gasteiger partial charge on any atom is 0.257 e. The molecule has 2 atom stereocenters. The molecule has 1 fully saturated rings. The monoisotopic (exact) mass is 235 g/mol. The Labute approximate surface area is 101 Å². The number of aromatic nitrogens is 1. The smallest absolute Gasteiger partial charge is 0.257 e. The lowest BCUT2D eigenvalue weighted by molar-refractivity contribution is 0.0575. The molecule has 0 radical (unpaired) electrons. The minimum Gasteiger partial charge on any atom is -0.398 e. The Kier molecular flexibility index (Phi) is 3.28. The summed E-state index contributed by atoms with van der Waals surface area (Å²) in [4.78, 5) is 17.9. The molecule has 5 nitrogen and oxygen atoms in total. The Bertz CT molecular complexity index is 422. The molecule has 1 aliphatic rings. The van der Waals surface area contributed by atoms with Gasteiger partial charge in [-0.2, -0.15) is 0 Å². The van der Waals surface area contributed by atoms with Crippen molar-refractivity contribution >= 4 is 11.6 Å². The van der Waals surface area contributed by atoms with Gasteiger partial charge < -0.3 is 15.4 Å². The van der Waals surface area contributed by atoms with Crippen LogP contribution in [0.4, 0.5) is 5.69 Å². The molecule has 2 rings (SSSR count). The average molecular weight is 235 g/mol. The summed E-state index contributed by atoms with van der Waals surface area (Å²) in [5.74, 6) is -0.0991. The molecular weight excluding hydrogens is 218 g/mol. The van der Waals surface area contributed by atoms with Crippen molar-refractivity contribution in [2.24, 2.45) is 0 Å². The Morgan fingerprint density at radius 1 is 1.65 bits per heavy atom. The van der Waals surface area contributed by atoms with Crippen molar-refractivity contribution in [3.05, 3.63) is 24.0 Å². The summed E-state index contributed by atoms with van der Waals surface area (Å²) < 4.78 is 5.46. The van der Waals surface area contributed by atoms with Crippen LogP contribution >= 0.6 is 0 Å². The van der Waals surface area contributed by atoms with Crippen molar-refractivity contribution in [2.75, 3.05) is 19.4 Å². The van der Waals surface area contributed by atoms with E-state index in [1.165, 1.54) is 6.20 Å². The number of rotatable bonds is 2. The number of anilines is 1. The third-order valence-corrected chi connectivity index (χ3v) is 3.24. The summed E-state index contributed by atoms with van der Waals surface area (Å²) in [5, 5.41) is 0. The van der Waals surface area contributed by atoms with Gasteiger partial charge in [-0.15, -0.1) is 0 Å². The van der Waals surface area contributed by atoms with Crippen molar-refractivity contribution in [1.82, 2.24) is 9.88 Å². The predicted molar refractivity (Wildman–Crippen MR) is 64.6 cm³/mol. The number of hydrogen-bond donors (Lipinski definition) is 1. The van der Waals surface area contributed by atoms with Gasteiger partial charge in [-0.3, -0.25) is 9.78 Å². The number of hydrogen-bond acceptors (Lipinski definition) is 4. The van der Waals surface area contributed by atoms with E-state index >= 15 is 0 Å². The summed E-state index contributed by atoms with van der Waals surface area (Å²) in [6.45, 7) is 2.68. The van der Waals surface area contributed by atoms with Crippen LogP contribution in [-0.4, -0.2) is 41.6 Å². The van der Waals surface area contributed by atoms with Crippen molar-refractivity contribution < 1.29 is 9.53 Å². The maximum absolute atomic E-state index is 12.2. The lowest BCUT2D eigenvalue weighted by Gasteiger charge is -2.27. The number of pyridine rings is 1. The molecule has 0 aromatic carbocycles. The normalized spacial score (nSPS) is 23.6. The molecule has 1 saturated heterocycles. The van der Waals surface area contributed by atoms with Gasteiger partial charge in [0.25, 0.3) is 5.91 Å². The molecule has 0 aliphatic carbocycles. The average Bonchev–Trinajstić information content (AvgIpc) is 2.74. The molecule has 5 heteroatoms. The SMILES string of the molecule is CC1OCCC1N(C)C(=O)c1cnccc1N. The van der Waals surface area contributed by atoms with Gasteiger partial charge in [0.1, 0.15) is 0 Å². The second kappa shape index (κ2) is 4.71. The van der Waals surface area contributed by atoms with E-state index in [2.05, 4.69) is 4.98 Å². The highest BCUT2D eigenvalue weighted by atomic mass is 16.5. The highest BCUT2D eigenvalue weighted by molar-refractivity contribution is 5.98. The van der Waals surface area contributed by atoms with Crippen LogP contribution in [0.25, 0.3) is 0 Å². The van der Waals surface area contributed by atoms with Crippen molar-refractivity contribution in [3.63, 3.8) is 0 Å². The van der Waals surface area contributed by atoms with Gasteiger partial charge in [0.05, 0.1) is 17.7 Å². The molecular formula is C12H17N3O2. The van der Waals surface area contributed by atoms with E-state index in [0.717, 1.165) is 6.42 Å². The number of nitrogen functional groups attached to an aromatic ring is 1.